The van der Waals surface area contributed by atoms with Gasteiger partial charge in [0, 0.05) is 6.07 Å². The molecule has 0 fully saturated rings. The second kappa shape index (κ2) is 5.43. The van der Waals surface area contributed by atoms with Gasteiger partial charge in [0.1, 0.15) is 6.04 Å². The zero-order valence-corrected chi connectivity index (χ0v) is 11.9. The van der Waals surface area contributed by atoms with Crippen LogP contribution in [0.5, 0.6) is 0 Å². The Hall–Kier alpha value is -2.57. The average molecular weight is 292 g/mol. The molecular weight excluding hydrogens is 276 g/mol. The van der Waals surface area contributed by atoms with Gasteiger partial charge in [0.05, 0.1) is 6.26 Å². The SMILES string of the molecule is CC(C)(C)[C@@H](NC(=O)c1cc(-c2ccco2)on1)C(=O)O. The monoisotopic (exact) mass is 292 g/mol. The van der Waals surface area contributed by atoms with Gasteiger partial charge in [-0.2, -0.15) is 0 Å². The average Bonchev–Trinajstić information content (AvgIpc) is 3.03. The van der Waals surface area contributed by atoms with Gasteiger partial charge in [-0.3, -0.25) is 4.79 Å². The number of rotatable bonds is 4. The molecule has 0 aliphatic carbocycles. The van der Waals surface area contributed by atoms with E-state index in [1.807, 2.05) is 0 Å². The number of carboxylic acids is 1. The summed E-state index contributed by atoms with van der Waals surface area (Å²) in [5, 5.41) is 15.3. The smallest absolute Gasteiger partial charge is 0.326 e. The van der Waals surface area contributed by atoms with Gasteiger partial charge >= 0.3 is 5.97 Å². The fourth-order valence-corrected chi connectivity index (χ4v) is 1.77. The molecule has 2 aromatic rings. The quantitative estimate of drug-likeness (QED) is 0.894. The van der Waals surface area contributed by atoms with Crippen LogP contribution in [0.3, 0.4) is 0 Å². The van der Waals surface area contributed by atoms with E-state index >= 15 is 0 Å². The molecule has 0 unspecified atom stereocenters. The largest absolute Gasteiger partial charge is 0.480 e. The van der Waals surface area contributed by atoms with E-state index in [4.69, 9.17) is 8.94 Å². The fourth-order valence-electron chi connectivity index (χ4n) is 1.77. The van der Waals surface area contributed by atoms with E-state index in [2.05, 4.69) is 10.5 Å². The molecule has 1 atom stereocenters. The van der Waals surface area contributed by atoms with Gasteiger partial charge in [-0.25, -0.2) is 4.79 Å². The Balaban J connectivity index is 2.15. The fraction of sp³-hybridized carbons (Fsp3) is 0.357. The second-order valence-corrected chi connectivity index (χ2v) is 5.66. The van der Waals surface area contributed by atoms with Crippen molar-refractivity contribution in [3.8, 4) is 11.5 Å². The Morgan fingerprint density at radius 3 is 2.57 bits per heavy atom. The van der Waals surface area contributed by atoms with Crippen LogP contribution >= 0.6 is 0 Å². The number of carboxylic acid groups (broad SMARTS) is 1. The summed E-state index contributed by atoms with van der Waals surface area (Å²) in [6.07, 6.45) is 1.47. The number of hydrogen-bond donors (Lipinski definition) is 2. The van der Waals surface area contributed by atoms with Crippen LogP contribution in [0.1, 0.15) is 31.3 Å². The highest BCUT2D eigenvalue weighted by Gasteiger charge is 2.33. The molecule has 0 aromatic carbocycles. The van der Waals surface area contributed by atoms with Crippen molar-refractivity contribution >= 4 is 11.9 Å². The van der Waals surface area contributed by atoms with E-state index in [0.717, 1.165) is 0 Å². The van der Waals surface area contributed by atoms with Crippen molar-refractivity contribution in [1.82, 2.24) is 10.5 Å². The molecule has 0 spiro atoms. The lowest BCUT2D eigenvalue weighted by atomic mass is 9.86. The first-order valence-electron chi connectivity index (χ1n) is 6.33. The Bertz CT molecular complexity index is 637. The number of aromatic nitrogens is 1. The zero-order chi connectivity index (χ0) is 15.6. The zero-order valence-electron chi connectivity index (χ0n) is 11.9. The lowest BCUT2D eigenvalue weighted by Crippen LogP contribution is -2.49. The maximum absolute atomic E-state index is 12.1. The molecule has 0 radical (unpaired) electrons. The minimum absolute atomic E-state index is 0.00287. The number of aliphatic carboxylic acids is 1. The Morgan fingerprint density at radius 1 is 1.33 bits per heavy atom. The molecule has 2 N–H and O–H groups in total. The maximum atomic E-state index is 12.1. The molecular formula is C14H16N2O5. The number of carbonyl (C=O) groups is 2. The lowest BCUT2D eigenvalue weighted by Gasteiger charge is -2.27. The highest BCUT2D eigenvalue weighted by Crippen LogP contribution is 2.22. The van der Waals surface area contributed by atoms with Gasteiger partial charge in [-0.05, 0) is 17.5 Å². The second-order valence-electron chi connectivity index (χ2n) is 5.66. The third-order valence-corrected chi connectivity index (χ3v) is 2.90. The number of nitrogens with zero attached hydrogens (tertiary/aromatic N) is 1. The molecule has 7 heteroatoms. The first-order valence-corrected chi connectivity index (χ1v) is 6.33. The Labute approximate surface area is 120 Å². The van der Waals surface area contributed by atoms with Gasteiger partial charge in [0.25, 0.3) is 5.91 Å². The number of carbonyl (C=O) groups excluding carboxylic acids is 1. The molecule has 7 nitrogen and oxygen atoms in total. The van der Waals surface area contributed by atoms with E-state index in [0.29, 0.717) is 11.5 Å². The van der Waals surface area contributed by atoms with Crippen LogP contribution in [-0.2, 0) is 4.79 Å². The highest BCUT2D eigenvalue weighted by atomic mass is 16.5. The maximum Gasteiger partial charge on any atom is 0.326 e. The van der Waals surface area contributed by atoms with Crippen LogP contribution in [0.15, 0.2) is 33.4 Å². The van der Waals surface area contributed by atoms with Crippen LogP contribution < -0.4 is 5.32 Å². The summed E-state index contributed by atoms with van der Waals surface area (Å²) in [6.45, 7) is 5.18. The lowest BCUT2D eigenvalue weighted by molar-refractivity contribution is -0.142. The molecule has 0 saturated heterocycles. The van der Waals surface area contributed by atoms with Crippen LogP contribution in [-0.4, -0.2) is 28.2 Å². The molecule has 21 heavy (non-hydrogen) atoms. The third-order valence-electron chi connectivity index (χ3n) is 2.90. The molecule has 0 aliphatic rings. The first kappa shape index (κ1) is 14.8. The molecule has 0 aliphatic heterocycles. The summed E-state index contributed by atoms with van der Waals surface area (Å²) in [5.74, 6) is -0.982. The van der Waals surface area contributed by atoms with E-state index in [1.165, 1.54) is 12.3 Å². The summed E-state index contributed by atoms with van der Waals surface area (Å²) >= 11 is 0. The minimum Gasteiger partial charge on any atom is -0.480 e. The predicted molar refractivity (Wildman–Crippen MR) is 72.6 cm³/mol. The summed E-state index contributed by atoms with van der Waals surface area (Å²) in [7, 11) is 0. The van der Waals surface area contributed by atoms with Gasteiger partial charge in [-0.15, -0.1) is 0 Å². The molecule has 1 amide bonds. The number of hydrogen-bond acceptors (Lipinski definition) is 5. The van der Waals surface area contributed by atoms with E-state index in [-0.39, 0.29) is 5.69 Å². The summed E-state index contributed by atoms with van der Waals surface area (Å²) in [5.41, 5.74) is -0.633. The van der Waals surface area contributed by atoms with Crippen molar-refractivity contribution in [1.29, 1.82) is 0 Å². The van der Waals surface area contributed by atoms with Gasteiger partial charge in [0.2, 0.25) is 5.76 Å². The van der Waals surface area contributed by atoms with E-state index in [1.54, 1.807) is 32.9 Å². The standard InChI is InChI=1S/C14H16N2O5/c1-14(2,3)11(13(18)19)15-12(17)8-7-10(21-16-8)9-5-4-6-20-9/h4-7,11H,1-3H3,(H,15,17)(H,18,19)/t11-/m0/s1. The Kier molecular flexibility index (Phi) is 3.84. The number of amides is 1. The third kappa shape index (κ3) is 3.31. The molecule has 0 bridgehead atoms. The topological polar surface area (TPSA) is 106 Å². The van der Waals surface area contributed by atoms with Gasteiger partial charge < -0.3 is 19.4 Å². The van der Waals surface area contributed by atoms with Crippen LogP contribution in [0.2, 0.25) is 0 Å². The van der Waals surface area contributed by atoms with Crippen molar-refractivity contribution in [3.05, 3.63) is 30.2 Å². The van der Waals surface area contributed by atoms with Crippen LogP contribution in [0, 0.1) is 5.41 Å². The Morgan fingerprint density at radius 2 is 2.05 bits per heavy atom. The van der Waals surface area contributed by atoms with Gasteiger partial charge in [0.15, 0.2) is 11.5 Å². The highest BCUT2D eigenvalue weighted by molar-refractivity contribution is 5.95. The summed E-state index contributed by atoms with van der Waals surface area (Å²) in [6, 6.07) is 3.71. The van der Waals surface area contributed by atoms with Crippen LogP contribution in [0.4, 0.5) is 0 Å². The molecule has 0 saturated carbocycles. The van der Waals surface area contributed by atoms with E-state index < -0.39 is 23.3 Å². The van der Waals surface area contributed by atoms with Crippen molar-refractivity contribution in [2.75, 3.05) is 0 Å². The predicted octanol–water partition coefficient (Wildman–Crippen LogP) is 2.16. The molecule has 2 heterocycles. The van der Waals surface area contributed by atoms with Gasteiger partial charge in [-0.1, -0.05) is 25.9 Å². The van der Waals surface area contributed by atoms with Crippen LogP contribution in [0.25, 0.3) is 11.5 Å². The summed E-state index contributed by atoms with van der Waals surface area (Å²) < 4.78 is 10.1. The normalized spacial score (nSPS) is 12.9. The number of nitrogens with one attached hydrogen (secondary N) is 1. The van der Waals surface area contributed by atoms with Crippen molar-refractivity contribution in [3.63, 3.8) is 0 Å². The molecule has 112 valence electrons. The number of furan rings is 1. The van der Waals surface area contributed by atoms with Crippen molar-refractivity contribution < 1.29 is 23.6 Å². The minimum atomic E-state index is -1.11. The summed E-state index contributed by atoms with van der Waals surface area (Å²) in [4.78, 5) is 23.3. The van der Waals surface area contributed by atoms with Crippen molar-refractivity contribution in [2.45, 2.75) is 26.8 Å². The molecule has 2 aromatic heterocycles. The van der Waals surface area contributed by atoms with E-state index in [9.17, 15) is 14.7 Å². The molecule has 2 rings (SSSR count). The first-order chi connectivity index (χ1) is 9.79. The van der Waals surface area contributed by atoms with Crippen molar-refractivity contribution in [2.24, 2.45) is 5.41 Å².